The monoisotopic (exact) mass is 287 g/mol. The molecule has 2 aromatic carbocycles. The Morgan fingerprint density at radius 1 is 1.05 bits per heavy atom. The molecule has 0 radical (unpaired) electrons. The second-order valence-electron chi connectivity index (χ2n) is 5.60. The molecule has 2 aromatic rings. The highest BCUT2D eigenvalue weighted by Gasteiger charge is 2.08. The van der Waals surface area contributed by atoms with E-state index in [4.69, 9.17) is 0 Å². The van der Waals surface area contributed by atoms with Crippen LogP contribution in [0, 0.1) is 5.82 Å². The number of aliphatic hydroxyl groups excluding tert-OH is 1. The molecule has 0 aliphatic rings. The molecule has 0 saturated heterocycles. The summed E-state index contributed by atoms with van der Waals surface area (Å²) in [5.74, 6) is 0.251. The third kappa shape index (κ3) is 4.66. The molecule has 0 spiro atoms. The minimum absolute atomic E-state index is 0.237. The first-order chi connectivity index (χ1) is 10.1. The van der Waals surface area contributed by atoms with E-state index in [-0.39, 0.29) is 5.82 Å². The Morgan fingerprint density at radius 3 is 2.33 bits per heavy atom. The fourth-order valence-electron chi connectivity index (χ4n) is 2.22. The van der Waals surface area contributed by atoms with Crippen molar-refractivity contribution in [1.29, 1.82) is 0 Å². The van der Waals surface area contributed by atoms with Crippen LogP contribution in [-0.4, -0.2) is 11.7 Å². The number of benzene rings is 2. The van der Waals surface area contributed by atoms with E-state index in [0.29, 0.717) is 19.0 Å². The Morgan fingerprint density at radius 2 is 1.71 bits per heavy atom. The third-order valence-corrected chi connectivity index (χ3v) is 3.54. The van der Waals surface area contributed by atoms with Gasteiger partial charge in [-0.05, 0) is 34.7 Å². The third-order valence-electron chi connectivity index (χ3n) is 3.54. The van der Waals surface area contributed by atoms with Crippen LogP contribution in [0.25, 0.3) is 0 Å². The zero-order chi connectivity index (χ0) is 15.2. The number of rotatable bonds is 6. The molecule has 112 valence electrons. The van der Waals surface area contributed by atoms with Gasteiger partial charge in [0, 0.05) is 13.1 Å². The van der Waals surface area contributed by atoms with Crippen molar-refractivity contribution in [3.8, 4) is 0 Å². The molecule has 0 aliphatic carbocycles. The van der Waals surface area contributed by atoms with Crippen molar-refractivity contribution in [2.75, 3.05) is 6.54 Å². The fourth-order valence-corrected chi connectivity index (χ4v) is 2.22. The van der Waals surface area contributed by atoms with E-state index in [0.717, 1.165) is 11.1 Å². The predicted octanol–water partition coefficient (Wildman–Crippen LogP) is 3.77. The highest BCUT2D eigenvalue weighted by atomic mass is 19.1. The van der Waals surface area contributed by atoms with Gasteiger partial charge in [0.15, 0.2) is 0 Å². The van der Waals surface area contributed by atoms with Crippen molar-refractivity contribution >= 4 is 0 Å². The average molecular weight is 287 g/mol. The van der Waals surface area contributed by atoms with Crippen LogP contribution < -0.4 is 5.32 Å². The molecule has 0 saturated carbocycles. The quantitative estimate of drug-likeness (QED) is 0.847. The van der Waals surface area contributed by atoms with Gasteiger partial charge in [-0.3, -0.25) is 0 Å². The molecule has 0 heterocycles. The van der Waals surface area contributed by atoms with Crippen molar-refractivity contribution < 1.29 is 9.50 Å². The summed E-state index contributed by atoms with van der Waals surface area (Å²) in [6.07, 6.45) is -0.556. The molecule has 21 heavy (non-hydrogen) atoms. The normalized spacial score (nSPS) is 12.6. The van der Waals surface area contributed by atoms with Crippen LogP contribution >= 0.6 is 0 Å². The van der Waals surface area contributed by atoms with Crippen LogP contribution in [0.3, 0.4) is 0 Å². The smallest absolute Gasteiger partial charge is 0.123 e. The minimum atomic E-state index is -0.556. The Hall–Kier alpha value is -1.71. The minimum Gasteiger partial charge on any atom is -0.387 e. The maximum atomic E-state index is 13.0. The summed E-state index contributed by atoms with van der Waals surface area (Å²) in [5.41, 5.74) is 3.03. The highest BCUT2D eigenvalue weighted by molar-refractivity contribution is 5.26. The lowest BCUT2D eigenvalue weighted by Gasteiger charge is -2.14. The van der Waals surface area contributed by atoms with Gasteiger partial charge in [0.25, 0.3) is 0 Å². The molecule has 1 atom stereocenters. The van der Waals surface area contributed by atoms with E-state index < -0.39 is 6.10 Å². The number of nitrogens with one attached hydrogen (secondary N) is 1. The summed E-state index contributed by atoms with van der Waals surface area (Å²) >= 11 is 0. The summed E-state index contributed by atoms with van der Waals surface area (Å²) < 4.78 is 13.0. The molecule has 0 bridgehead atoms. The van der Waals surface area contributed by atoms with Crippen molar-refractivity contribution in [1.82, 2.24) is 5.32 Å². The Labute approximate surface area is 125 Å². The van der Waals surface area contributed by atoms with Crippen molar-refractivity contribution in [3.63, 3.8) is 0 Å². The average Bonchev–Trinajstić information content (AvgIpc) is 2.47. The number of halogens is 1. The maximum Gasteiger partial charge on any atom is 0.123 e. The van der Waals surface area contributed by atoms with Gasteiger partial charge in [0.1, 0.15) is 5.82 Å². The number of aliphatic hydroxyl groups is 1. The van der Waals surface area contributed by atoms with E-state index in [2.05, 4.69) is 31.3 Å². The van der Waals surface area contributed by atoms with Gasteiger partial charge in [-0.15, -0.1) is 0 Å². The summed E-state index contributed by atoms with van der Waals surface area (Å²) in [6.45, 7) is 5.27. The second-order valence-corrected chi connectivity index (χ2v) is 5.60. The van der Waals surface area contributed by atoms with Crippen molar-refractivity contribution in [3.05, 3.63) is 71.0 Å². The van der Waals surface area contributed by atoms with Gasteiger partial charge < -0.3 is 10.4 Å². The summed E-state index contributed by atoms with van der Waals surface area (Å²) in [5, 5.41) is 13.3. The first kappa shape index (κ1) is 15.7. The SMILES string of the molecule is CC(C)c1ccc(C(O)CNCc2cccc(F)c2)cc1. The molecule has 3 heteroatoms. The van der Waals surface area contributed by atoms with Crippen LogP contribution in [0.2, 0.25) is 0 Å². The van der Waals surface area contributed by atoms with Crippen LogP contribution in [0.5, 0.6) is 0 Å². The molecule has 0 aromatic heterocycles. The Balaban J connectivity index is 1.85. The van der Waals surface area contributed by atoms with Crippen LogP contribution in [0.1, 0.15) is 42.6 Å². The number of hydrogen-bond donors (Lipinski definition) is 2. The van der Waals surface area contributed by atoms with Gasteiger partial charge in [-0.1, -0.05) is 50.2 Å². The lowest BCUT2D eigenvalue weighted by Crippen LogP contribution is -2.21. The molecule has 1 unspecified atom stereocenters. The van der Waals surface area contributed by atoms with Crippen LogP contribution in [-0.2, 0) is 6.54 Å². The van der Waals surface area contributed by atoms with Crippen LogP contribution in [0.4, 0.5) is 4.39 Å². The molecule has 2 rings (SSSR count). The first-order valence-corrected chi connectivity index (χ1v) is 7.29. The molecule has 0 aliphatic heterocycles. The predicted molar refractivity (Wildman–Crippen MR) is 83.6 cm³/mol. The maximum absolute atomic E-state index is 13.0. The first-order valence-electron chi connectivity index (χ1n) is 7.29. The van der Waals surface area contributed by atoms with Gasteiger partial charge in [-0.25, -0.2) is 4.39 Å². The summed E-state index contributed by atoms with van der Waals surface area (Å²) in [6, 6.07) is 14.5. The second kappa shape index (κ2) is 7.34. The standard InChI is InChI=1S/C18H22FNO/c1-13(2)15-6-8-16(9-7-15)18(21)12-20-11-14-4-3-5-17(19)10-14/h3-10,13,18,20-21H,11-12H2,1-2H3. The van der Waals surface area contributed by atoms with Crippen molar-refractivity contribution in [2.24, 2.45) is 0 Å². The molecule has 2 N–H and O–H groups in total. The molecule has 0 fully saturated rings. The summed E-state index contributed by atoms with van der Waals surface area (Å²) in [7, 11) is 0. The van der Waals surface area contributed by atoms with Crippen molar-refractivity contribution in [2.45, 2.75) is 32.4 Å². The highest BCUT2D eigenvalue weighted by Crippen LogP contribution is 2.18. The van der Waals surface area contributed by atoms with E-state index in [1.165, 1.54) is 17.7 Å². The lowest BCUT2D eigenvalue weighted by atomic mass is 10.00. The van der Waals surface area contributed by atoms with Gasteiger partial charge in [-0.2, -0.15) is 0 Å². The molecular formula is C18H22FNO. The molecule has 2 nitrogen and oxygen atoms in total. The Kier molecular flexibility index (Phi) is 5.48. The zero-order valence-corrected chi connectivity index (χ0v) is 12.5. The van der Waals surface area contributed by atoms with Gasteiger partial charge in [0.05, 0.1) is 6.10 Å². The number of hydrogen-bond acceptors (Lipinski definition) is 2. The van der Waals surface area contributed by atoms with E-state index >= 15 is 0 Å². The van der Waals surface area contributed by atoms with Gasteiger partial charge in [0.2, 0.25) is 0 Å². The topological polar surface area (TPSA) is 32.3 Å². The van der Waals surface area contributed by atoms with E-state index in [9.17, 15) is 9.50 Å². The Bertz CT molecular complexity index is 566. The summed E-state index contributed by atoms with van der Waals surface area (Å²) in [4.78, 5) is 0. The van der Waals surface area contributed by atoms with E-state index in [1.807, 2.05) is 18.2 Å². The van der Waals surface area contributed by atoms with Gasteiger partial charge >= 0.3 is 0 Å². The van der Waals surface area contributed by atoms with E-state index in [1.54, 1.807) is 6.07 Å². The largest absolute Gasteiger partial charge is 0.387 e. The zero-order valence-electron chi connectivity index (χ0n) is 12.5. The fraction of sp³-hybridized carbons (Fsp3) is 0.333. The molecular weight excluding hydrogens is 265 g/mol. The van der Waals surface area contributed by atoms with Crippen LogP contribution in [0.15, 0.2) is 48.5 Å². The molecule has 0 amide bonds. The lowest BCUT2D eigenvalue weighted by molar-refractivity contribution is 0.174.